The van der Waals surface area contributed by atoms with Crippen LogP contribution in [0.5, 0.6) is 0 Å². The van der Waals surface area contributed by atoms with E-state index in [1.165, 1.54) is 0 Å². The molecule has 0 bridgehead atoms. The Morgan fingerprint density at radius 2 is 1.00 bits per heavy atom. The molecule has 0 unspecified atom stereocenters. The molecule has 110 valence electrons. The van der Waals surface area contributed by atoms with Gasteiger partial charge in [0.25, 0.3) is 0 Å². The van der Waals surface area contributed by atoms with E-state index in [0.717, 1.165) is 0 Å². The van der Waals surface area contributed by atoms with Gasteiger partial charge in [-0.15, -0.1) is 0 Å². The highest BCUT2D eigenvalue weighted by atomic mass is 19.4. The molecule has 0 aliphatic rings. The van der Waals surface area contributed by atoms with Crippen molar-refractivity contribution in [3.8, 4) is 0 Å². The molecule has 11 heteroatoms. The summed E-state index contributed by atoms with van der Waals surface area (Å²) in [6.45, 7) is -0.478. The van der Waals surface area contributed by atoms with Crippen molar-refractivity contribution >= 4 is 0 Å². The maximum atomic E-state index is 12.6. The van der Waals surface area contributed by atoms with Gasteiger partial charge in [0.2, 0.25) is 6.10 Å². The summed E-state index contributed by atoms with van der Waals surface area (Å²) in [5, 5.41) is 0. The van der Waals surface area contributed by atoms with Crippen LogP contribution in [0.2, 0.25) is 0 Å². The van der Waals surface area contributed by atoms with Crippen LogP contribution in [-0.4, -0.2) is 36.9 Å². The van der Waals surface area contributed by atoms with Crippen LogP contribution in [0.3, 0.4) is 0 Å². The Labute approximate surface area is 93.7 Å². The Bertz CT molecular complexity index is 251. The topological polar surface area (TPSA) is 9.23 Å². The monoisotopic (exact) mass is 296 g/mol. The van der Waals surface area contributed by atoms with Crippen molar-refractivity contribution < 1.29 is 48.6 Å². The van der Waals surface area contributed by atoms with E-state index in [9.17, 15) is 43.9 Å². The van der Waals surface area contributed by atoms with Crippen molar-refractivity contribution in [3.05, 3.63) is 0 Å². The fraction of sp³-hybridized carbons (Fsp3) is 1.00. The molecule has 0 aromatic heterocycles. The Hall–Kier alpha value is -0.740. The number of hydrogen-bond donors (Lipinski definition) is 0. The van der Waals surface area contributed by atoms with E-state index < -0.39 is 36.9 Å². The van der Waals surface area contributed by atoms with Crippen molar-refractivity contribution in [3.63, 3.8) is 0 Å². The summed E-state index contributed by atoms with van der Waals surface area (Å²) < 4.78 is 124. The fourth-order valence-electron chi connectivity index (χ4n) is 0.901. The van der Waals surface area contributed by atoms with Crippen LogP contribution >= 0.6 is 0 Å². The van der Waals surface area contributed by atoms with Crippen LogP contribution in [0.15, 0.2) is 0 Å². The molecule has 1 nitrogen and oxygen atoms in total. The number of ether oxygens (including phenoxy) is 1. The zero-order chi connectivity index (χ0) is 15.0. The average Bonchev–Trinajstić information content (AvgIpc) is 2.09. The second-order valence-corrected chi connectivity index (χ2v) is 3.08. The lowest BCUT2D eigenvalue weighted by Crippen LogP contribution is -2.61. The van der Waals surface area contributed by atoms with E-state index in [1.54, 1.807) is 0 Å². The first kappa shape index (κ1) is 17.3. The summed E-state index contributed by atoms with van der Waals surface area (Å²) in [5.74, 6) is -12.7. The number of alkyl halides is 10. The van der Waals surface area contributed by atoms with E-state index in [0.29, 0.717) is 6.92 Å². The average molecular weight is 296 g/mol. The SMILES string of the molecule is CCOC(C(F)(F)C(F)(F)F)C(F)(F)C(F)(F)F. The third kappa shape index (κ3) is 2.98. The first-order valence-electron chi connectivity index (χ1n) is 4.20. The molecular weight excluding hydrogens is 290 g/mol. The second-order valence-electron chi connectivity index (χ2n) is 3.08. The molecule has 0 atom stereocenters. The molecule has 0 radical (unpaired) electrons. The lowest BCUT2D eigenvalue weighted by molar-refractivity contribution is -0.390. The van der Waals surface area contributed by atoms with Gasteiger partial charge in [0, 0.05) is 6.61 Å². The standard InChI is InChI=1S/C7H6F10O/c1-2-18-3(4(8,9)6(12,13)14)5(10,11)7(15,16)17/h3H,2H2,1H3. The van der Waals surface area contributed by atoms with Crippen molar-refractivity contribution in [2.24, 2.45) is 0 Å². The van der Waals surface area contributed by atoms with Gasteiger partial charge < -0.3 is 4.74 Å². The molecule has 0 heterocycles. The Morgan fingerprint density at radius 1 is 0.722 bits per heavy atom. The second kappa shape index (κ2) is 4.74. The van der Waals surface area contributed by atoms with E-state index in [1.807, 2.05) is 0 Å². The van der Waals surface area contributed by atoms with Crippen molar-refractivity contribution in [1.82, 2.24) is 0 Å². The predicted molar refractivity (Wildman–Crippen MR) is 37.4 cm³/mol. The maximum absolute atomic E-state index is 12.6. The van der Waals surface area contributed by atoms with Gasteiger partial charge in [0.1, 0.15) is 0 Å². The van der Waals surface area contributed by atoms with Crippen LogP contribution in [0, 0.1) is 0 Å². The van der Waals surface area contributed by atoms with Crippen molar-refractivity contribution in [2.45, 2.75) is 37.2 Å². The Balaban J connectivity index is 5.60. The van der Waals surface area contributed by atoms with Crippen molar-refractivity contribution in [1.29, 1.82) is 0 Å². The number of rotatable bonds is 4. The third-order valence-electron chi connectivity index (χ3n) is 1.75. The molecule has 0 amide bonds. The zero-order valence-electron chi connectivity index (χ0n) is 8.47. The van der Waals surface area contributed by atoms with Crippen LogP contribution in [0.1, 0.15) is 6.92 Å². The summed E-state index contributed by atoms with van der Waals surface area (Å²) in [7, 11) is 0. The lowest BCUT2D eigenvalue weighted by Gasteiger charge is -2.34. The molecule has 18 heavy (non-hydrogen) atoms. The van der Waals surface area contributed by atoms with Gasteiger partial charge in [0.05, 0.1) is 0 Å². The molecule has 0 saturated heterocycles. The van der Waals surface area contributed by atoms with Crippen LogP contribution < -0.4 is 0 Å². The maximum Gasteiger partial charge on any atom is 0.456 e. The third-order valence-corrected chi connectivity index (χ3v) is 1.75. The molecule has 0 saturated carbocycles. The fourth-order valence-corrected chi connectivity index (χ4v) is 0.901. The summed E-state index contributed by atoms with van der Waals surface area (Å²) >= 11 is 0. The van der Waals surface area contributed by atoms with Gasteiger partial charge in [0.15, 0.2) is 0 Å². The number of hydrogen-bond acceptors (Lipinski definition) is 1. The van der Waals surface area contributed by atoms with Crippen LogP contribution in [0.25, 0.3) is 0 Å². The van der Waals surface area contributed by atoms with Gasteiger partial charge in [-0.2, -0.15) is 43.9 Å². The minimum absolute atomic E-state index is 0.700. The molecule has 0 fully saturated rings. The van der Waals surface area contributed by atoms with E-state index in [2.05, 4.69) is 4.74 Å². The largest absolute Gasteiger partial charge is 0.456 e. The molecule has 0 aromatic carbocycles. The van der Waals surface area contributed by atoms with E-state index in [4.69, 9.17) is 0 Å². The van der Waals surface area contributed by atoms with E-state index in [-0.39, 0.29) is 0 Å². The first-order valence-corrected chi connectivity index (χ1v) is 4.20. The molecule has 0 rings (SSSR count). The first-order chi connectivity index (χ1) is 7.69. The normalized spacial score (nSPS) is 15.3. The highest BCUT2D eigenvalue weighted by Crippen LogP contribution is 2.49. The van der Waals surface area contributed by atoms with Gasteiger partial charge in [-0.3, -0.25) is 0 Å². The zero-order valence-corrected chi connectivity index (χ0v) is 8.47. The van der Waals surface area contributed by atoms with Gasteiger partial charge in [-0.1, -0.05) is 0 Å². The predicted octanol–water partition coefficient (Wildman–Crippen LogP) is 3.79. The molecule has 0 N–H and O–H groups in total. The summed E-state index contributed by atoms with van der Waals surface area (Å²) in [4.78, 5) is 0. The van der Waals surface area contributed by atoms with E-state index >= 15 is 0 Å². The molecule has 0 aliphatic carbocycles. The minimum Gasteiger partial charge on any atom is -0.365 e. The van der Waals surface area contributed by atoms with Gasteiger partial charge >= 0.3 is 24.2 Å². The van der Waals surface area contributed by atoms with Gasteiger partial charge in [-0.25, -0.2) is 0 Å². The quantitative estimate of drug-likeness (QED) is 0.717. The lowest BCUT2D eigenvalue weighted by atomic mass is 10.0. The minimum atomic E-state index is -6.60. The van der Waals surface area contributed by atoms with Gasteiger partial charge in [-0.05, 0) is 6.92 Å². The highest BCUT2D eigenvalue weighted by molar-refractivity contribution is 4.97. The summed E-state index contributed by atoms with van der Waals surface area (Å²) in [5.41, 5.74) is 0. The highest BCUT2D eigenvalue weighted by Gasteiger charge is 2.76. The number of halogens is 10. The summed E-state index contributed by atoms with van der Waals surface area (Å²) in [6.07, 6.45) is -17.9. The molecule has 0 aromatic rings. The molecule has 0 aliphatic heterocycles. The van der Waals surface area contributed by atoms with Crippen LogP contribution in [0.4, 0.5) is 43.9 Å². The van der Waals surface area contributed by atoms with Crippen molar-refractivity contribution in [2.75, 3.05) is 6.61 Å². The van der Waals surface area contributed by atoms with Crippen LogP contribution in [-0.2, 0) is 4.74 Å². The molecule has 0 spiro atoms. The Morgan fingerprint density at radius 3 is 1.17 bits per heavy atom. The molecular formula is C7H6F10O. The summed E-state index contributed by atoms with van der Waals surface area (Å²) in [6, 6.07) is 0. The smallest absolute Gasteiger partial charge is 0.365 e. The Kier molecular flexibility index (Phi) is 4.55.